The van der Waals surface area contributed by atoms with E-state index >= 15 is 0 Å². The van der Waals surface area contributed by atoms with Crippen molar-refractivity contribution in [1.29, 1.82) is 0 Å². The molecule has 0 N–H and O–H groups in total. The molecule has 0 radical (unpaired) electrons. The average molecular weight is 238 g/mol. The van der Waals surface area contributed by atoms with Crippen LogP contribution in [0.1, 0.15) is 24.3 Å². The highest BCUT2D eigenvalue weighted by atomic mass is 16.5. The van der Waals surface area contributed by atoms with Gasteiger partial charge in [-0.1, -0.05) is 0 Å². The normalized spacial score (nSPS) is 10.1. The van der Waals surface area contributed by atoms with Crippen LogP contribution < -0.4 is 0 Å². The Morgan fingerprint density at radius 1 is 1.35 bits per heavy atom. The van der Waals surface area contributed by atoms with Crippen molar-refractivity contribution in [1.82, 2.24) is 9.47 Å². The molecule has 0 fully saturated rings. The van der Waals surface area contributed by atoms with Gasteiger partial charge in [0.1, 0.15) is 5.69 Å². The molecule has 0 atom stereocenters. The molecule has 1 heterocycles. The number of amides is 1. The summed E-state index contributed by atoms with van der Waals surface area (Å²) in [5.41, 5.74) is 0.442. The maximum atomic E-state index is 11.6. The van der Waals surface area contributed by atoms with Crippen LogP contribution in [0.2, 0.25) is 0 Å². The van der Waals surface area contributed by atoms with Crippen LogP contribution in [0.15, 0.2) is 18.3 Å². The zero-order chi connectivity index (χ0) is 12.8. The van der Waals surface area contributed by atoms with Crippen molar-refractivity contribution >= 4 is 11.9 Å². The fourth-order valence-electron chi connectivity index (χ4n) is 1.54. The molecule has 0 aromatic carbocycles. The summed E-state index contributed by atoms with van der Waals surface area (Å²) in [6.07, 6.45) is 1.75. The standard InChI is InChI=1S/C12H18N2O3/c1-4-14(5-2)11(15)9-17-12(16)10-7-6-8-13(10)3/h6-8H,4-5,9H2,1-3H3. The zero-order valence-electron chi connectivity index (χ0n) is 10.5. The molecule has 5 heteroatoms. The molecule has 0 aliphatic carbocycles. The summed E-state index contributed by atoms with van der Waals surface area (Å²) in [6, 6.07) is 3.41. The second-order valence-electron chi connectivity index (χ2n) is 3.65. The summed E-state index contributed by atoms with van der Waals surface area (Å²) < 4.78 is 6.62. The summed E-state index contributed by atoms with van der Waals surface area (Å²) in [5, 5.41) is 0. The Morgan fingerprint density at radius 3 is 2.47 bits per heavy atom. The lowest BCUT2D eigenvalue weighted by molar-refractivity contribution is -0.134. The van der Waals surface area contributed by atoms with Crippen LogP contribution in [0.5, 0.6) is 0 Å². The van der Waals surface area contributed by atoms with Gasteiger partial charge in [-0.2, -0.15) is 0 Å². The molecule has 1 aromatic rings. The van der Waals surface area contributed by atoms with Gasteiger partial charge in [0, 0.05) is 26.3 Å². The fourth-order valence-corrected chi connectivity index (χ4v) is 1.54. The molecule has 0 saturated carbocycles. The number of ether oxygens (including phenoxy) is 1. The minimum Gasteiger partial charge on any atom is -0.451 e. The summed E-state index contributed by atoms with van der Waals surface area (Å²) in [6.45, 7) is 4.82. The van der Waals surface area contributed by atoms with Crippen LogP contribution in [0.25, 0.3) is 0 Å². The van der Waals surface area contributed by atoms with E-state index in [9.17, 15) is 9.59 Å². The number of hydrogen-bond donors (Lipinski definition) is 0. The summed E-state index contributed by atoms with van der Waals surface area (Å²) in [4.78, 5) is 24.8. The van der Waals surface area contributed by atoms with Crippen LogP contribution >= 0.6 is 0 Å². The molecule has 0 aliphatic rings. The van der Waals surface area contributed by atoms with E-state index in [0.717, 1.165) is 0 Å². The zero-order valence-corrected chi connectivity index (χ0v) is 10.5. The lowest BCUT2D eigenvalue weighted by Crippen LogP contribution is -2.34. The van der Waals surface area contributed by atoms with E-state index in [1.54, 1.807) is 34.8 Å². The number of rotatable bonds is 5. The fraction of sp³-hybridized carbons (Fsp3) is 0.500. The van der Waals surface area contributed by atoms with E-state index in [1.807, 2.05) is 13.8 Å². The third kappa shape index (κ3) is 3.34. The number of carbonyl (C=O) groups excluding carboxylic acids is 2. The number of nitrogens with zero attached hydrogens (tertiary/aromatic N) is 2. The molecular weight excluding hydrogens is 220 g/mol. The third-order valence-corrected chi connectivity index (χ3v) is 2.60. The third-order valence-electron chi connectivity index (χ3n) is 2.60. The highest BCUT2D eigenvalue weighted by molar-refractivity contribution is 5.89. The van der Waals surface area contributed by atoms with Gasteiger partial charge >= 0.3 is 5.97 Å². The van der Waals surface area contributed by atoms with Gasteiger partial charge in [0.2, 0.25) is 0 Å². The second-order valence-corrected chi connectivity index (χ2v) is 3.65. The first kappa shape index (κ1) is 13.3. The SMILES string of the molecule is CCN(CC)C(=O)COC(=O)c1cccn1C. The molecule has 1 rings (SSSR count). The molecule has 0 unspecified atom stereocenters. The van der Waals surface area contributed by atoms with Crippen LogP contribution in [-0.4, -0.2) is 41.0 Å². The van der Waals surface area contributed by atoms with Gasteiger partial charge in [0.15, 0.2) is 6.61 Å². The van der Waals surface area contributed by atoms with Gasteiger partial charge in [-0.15, -0.1) is 0 Å². The summed E-state index contributed by atoms with van der Waals surface area (Å²) in [7, 11) is 1.75. The molecular formula is C12H18N2O3. The van der Waals surface area contributed by atoms with Crippen molar-refractivity contribution < 1.29 is 14.3 Å². The van der Waals surface area contributed by atoms with E-state index in [1.165, 1.54) is 0 Å². The maximum Gasteiger partial charge on any atom is 0.355 e. The average Bonchev–Trinajstić information content (AvgIpc) is 2.74. The van der Waals surface area contributed by atoms with Crippen molar-refractivity contribution in [2.75, 3.05) is 19.7 Å². The Hall–Kier alpha value is -1.78. The summed E-state index contributed by atoms with van der Waals surface area (Å²) in [5.74, 6) is -0.643. The molecule has 0 bridgehead atoms. The summed E-state index contributed by atoms with van der Waals surface area (Å²) >= 11 is 0. The Balaban J connectivity index is 2.49. The lowest BCUT2D eigenvalue weighted by Gasteiger charge is -2.18. The number of aromatic nitrogens is 1. The van der Waals surface area contributed by atoms with Crippen LogP contribution in [0.4, 0.5) is 0 Å². The van der Waals surface area contributed by atoms with Crippen molar-refractivity contribution in [3.8, 4) is 0 Å². The van der Waals surface area contributed by atoms with E-state index in [4.69, 9.17) is 4.74 Å². The number of aryl methyl sites for hydroxylation is 1. The minimum absolute atomic E-state index is 0.169. The lowest BCUT2D eigenvalue weighted by atomic mass is 10.4. The smallest absolute Gasteiger partial charge is 0.355 e. The Kier molecular flexibility index (Phi) is 4.75. The van der Waals surface area contributed by atoms with Gasteiger partial charge in [0.25, 0.3) is 5.91 Å². The Labute approximate surface area is 101 Å². The number of likely N-dealkylation sites (N-methyl/N-ethyl adjacent to an activating group) is 1. The first-order valence-corrected chi connectivity index (χ1v) is 5.66. The second kappa shape index (κ2) is 6.08. The van der Waals surface area contributed by atoms with Gasteiger partial charge in [-0.3, -0.25) is 4.79 Å². The minimum atomic E-state index is -0.474. The van der Waals surface area contributed by atoms with E-state index < -0.39 is 5.97 Å². The topological polar surface area (TPSA) is 51.5 Å². The van der Waals surface area contributed by atoms with Crippen molar-refractivity contribution in [2.45, 2.75) is 13.8 Å². The number of esters is 1. The first-order chi connectivity index (χ1) is 8.10. The molecule has 17 heavy (non-hydrogen) atoms. The highest BCUT2D eigenvalue weighted by Crippen LogP contribution is 2.02. The van der Waals surface area contributed by atoms with Gasteiger partial charge in [-0.25, -0.2) is 4.79 Å². The van der Waals surface area contributed by atoms with Crippen LogP contribution in [-0.2, 0) is 16.6 Å². The van der Waals surface area contributed by atoms with E-state index in [-0.39, 0.29) is 12.5 Å². The van der Waals surface area contributed by atoms with Crippen molar-refractivity contribution in [3.63, 3.8) is 0 Å². The first-order valence-electron chi connectivity index (χ1n) is 5.66. The largest absolute Gasteiger partial charge is 0.451 e. The molecule has 0 saturated heterocycles. The van der Waals surface area contributed by atoms with Gasteiger partial charge in [-0.05, 0) is 26.0 Å². The van der Waals surface area contributed by atoms with E-state index in [0.29, 0.717) is 18.8 Å². The molecule has 0 aliphatic heterocycles. The monoisotopic (exact) mass is 238 g/mol. The highest BCUT2D eigenvalue weighted by Gasteiger charge is 2.15. The maximum absolute atomic E-state index is 11.6. The van der Waals surface area contributed by atoms with Crippen molar-refractivity contribution in [2.24, 2.45) is 7.05 Å². The number of carbonyl (C=O) groups is 2. The van der Waals surface area contributed by atoms with Gasteiger partial charge in [0.05, 0.1) is 0 Å². The van der Waals surface area contributed by atoms with Crippen molar-refractivity contribution in [3.05, 3.63) is 24.0 Å². The van der Waals surface area contributed by atoms with Gasteiger partial charge < -0.3 is 14.2 Å². The predicted molar refractivity (Wildman–Crippen MR) is 63.6 cm³/mol. The predicted octanol–water partition coefficient (Wildman–Crippen LogP) is 1.05. The van der Waals surface area contributed by atoms with E-state index in [2.05, 4.69) is 0 Å². The van der Waals surface area contributed by atoms with Crippen LogP contribution in [0.3, 0.4) is 0 Å². The quantitative estimate of drug-likeness (QED) is 0.720. The number of hydrogen-bond acceptors (Lipinski definition) is 3. The van der Waals surface area contributed by atoms with Crippen LogP contribution in [0, 0.1) is 0 Å². The molecule has 5 nitrogen and oxygen atoms in total. The molecule has 0 spiro atoms. The Morgan fingerprint density at radius 2 is 2.00 bits per heavy atom. The Bertz CT molecular complexity index is 394. The molecule has 94 valence electrons. The molecule has 1 amide bonds. The molecule has 1 aromatic heterocycles.